The lowest BCUT2D eigenvalue weighted by Gasteiger charge is -2.21. The summed E-state index contributed by atoms with van der Waals surface area (Å²) in [5.41, 5.74) is 6.20. The van der Waals surface area contributed by atoms with Gasteiger partial charge in [0, 0.05) is 30.3 Å². The van der Waals surface area contributed by atoms with Crippen molar-refractivity contribution in [2.24, 2.45) is 0 Å². The fourth-order valence-electron chi connectivity index (χ4n) is 4.45. The van der Waals surface area contributed by atoms with Crippen molar-refractivity contribution in [3.8, 4) is 11.1 Å². The number of rotatable bonds is 8. The molecular formula is C28H28N2O5. The Bertz CT molecular complexity index is 1220. The maximum absolute atomic E-state index is 12.9. The Kier molecular flexibility index (Phi) is 7.15. The van der Waals surface area contributed by atoms with Crippen molar-refractivity contribution in [2.45, 2.75) is 26.2 Å². The van der Waals surface area contributed by atoms with Gasteiger partial charge >= 0.3 is 12.1 Å². The minimum absolute atomic E-state index is 0.0468. The van der Waals surface area contributed by atoms with Gasteiger partial charge in [0.2, 0.25) is 0 Å². The third kappa shape index (κ3) is 5.19. The van der Waals surface area contributed by atoms with Crippen LogP contribution in [0.2, 0.25) is 0 Å². The number of carboxylic acid groups (broad SMARTS) is 1. The molecule has 3 aromatic rings. The monoisotopic (exact) mass is 472 g/mol. The summed E-state index contributed by atoms with van der Waals surface area (Å²) in [7, 11) is 0. The lowest BCUT2D eigenvalue weighted by molar-refractivity contribution is -0.137. The van der Waals surface area contributed by atoms with E-state index in [4.69, 9.17) is 9.84 Å². The van der Waals surface area contributed by atoms with Crippen molar-refractivity contribution in [1.29, 1.82) is 0 Å². The summed E-state index contributed by atoms with van der Waals surface area (Å²) < 4.78 is 5.62. The average Bonchev–Trinajstić information content (AvgIpc) is 3.18. The predicted octanol–water partition coefficient (Wildman–Crippen LogP) is 5.29. The number of benzene rings is 3. The van der Waals surface area contributed by atoms with Crippen LogP contribution in [0.15, 0.2) is 66.7 Å². The van der Waals surface area contributed by atoms with E-state index in [1.807, 2.05) is 31.2 Å². The minimum atomic E-state index is -0.960. The largest absolute Gasteiger partial charge is 0.481 e. The molecule has 0 saturated carbocycles. The van der Waals surface area contributed by atoms with Crippen molar-refractivity contribution >= 4 is 23.7 Å². The fraction of sp³-hybridized carbons (Fsp3) is 0.250. The van der Waals surface area contributed by atoms with Crippen molar-refractivity contribution < 1.29 is 24.2 Å². The van der Waals surface area contributed by atoms with Crippen molar-refractivity contribution in [3.63, 3.8) is 0 Å². The molecule has 0 atom stereocenters. The van der Waals surface area contributed by atoms with Crippen LogP contribution in [0.1, 0.15) is 46.3 Å². The number of nitrogens with zero attached hydrogens (tertiary/aromatic N) is 1. The van der Waals surface area contributed by atoms with Gasteiger partial charge in [0.1, 0.15) is 6.61 Å². The molecule has 2 N–H and O–H groups in total. The van der Waals surface area contributed by atoms with Gasteiger partial charge in [0.15, 0.2) is 0 Å². The highest BCUT2D eigenvalue weighted by Crippen LogP contribution is 2.44. The van der Waals surface area contributed by atoms with Crippen molar-refractivity contribution in [1.82, 2.24) is 4.90 Å². The number of anilines is 1. The van der Waals surface area contributed by atoms with E-state index in [2.05, 4.69) is 29.6 Å². The molecule has 0 saturated heterocycles. The summed E-state index contributed by atoms with van der Waals surface area (Å²) in [6.07, 6.45) is -0.728. The molecule has 0 bridgehead atoms. The van der Waals surface area contributed by atoms with E-state index in [1.165, 1.54) is 4.90 Å². The molecule has 1 aliphatic carbocycles. The molecule has 3 aromatic carbocycles. The van der Waals surface area contributed by atoms with Crippen LogP contribution in [0.3, 0.4) is 0 Å². The van der Waals surface area contributed by atoms with Gasteiger partial charge in [0.05, 0.1) is 6.42 Å². The van der Waals surface area contributed by atoms with Crippen LogP contribution in [0, 0.1) is 6.92 Å². The highest BCUT2D eigenvalue weighted by Gasteiger charge is 2.29. The number of amides is 2. The molecule has 1 aliphatic rings. The van der Waals surface area contributed by atoms with E-state index >= 15 is 0 Å². The van der Waals surface area contributed by atoms with E-state index in [-0.39, 0.29) is 31.4 Å². The number of carbonyl (C=O) groups is 3. The summed E-state index contributed by atoms with van der Waals surface area (Å²) in [6.45, 7) is 4.32. The first-order valence-corrected chi connectivity index (χ1v) is 11.6. The van der Waals surface area contributed by atoms with Gasteiger partial charge in [0.25, 0.3) is 5.91 Å². The third-order valence-electron chi connectivity index (χ3n) is 6.33. The maximum atomic E-state index is 12.9. The summed E-state index contributed by atoms with van der Waals surface area (Å²) in [5.74, 6) is -1.29. The molecule has 0 aromatic heterocycles. The Morgan fingerprint density at radius 3 is 2.20 bits per heavy atom. The first-order valence-electron chi connectivity index (χ1n) is 11.6. The number of aliphatic carboxylic acids is 1. The van der Waals surface area contributed by atoms with Crippen molar-refractivity contribution in [2.75, 3.05) is 25.0 Å². The van der Waals surface area contributed by atoms with Gasteiger partial charge in [-0.3, -0.25) is 14.9 Å². The lowest BCUT2D eigenvalue weighted by Crippen LogP contribution is -2.33. The summed E-state index contributed by atoms with van der Waals surface area (Å²) in [4.78, 5) is 37.9. The molecule has 0 fully saturated rings. The third-order valence-corrected chi connectivity index (χ3v) is 6.33. The van der Waals surface area contributed by atoms with Crippen molar-refractivity contribution in [3.05, 3.63) is 89.0 Å². The number of fused-ring (bicyclic) bond motifs is 3. The molecule has 0 spiro atoms. The molecule has 4 rings (SSSR count). The average molecular weight is 473 g/mol. The molecule has 180 valence electrons. The quantitative estimate of drug-likeness (QED) is 0.464. The van der Waals surface area contributed by atoms with Gasteiger partial charge in [-0.2, -0.15) is 0 Å². The highest BCUT2D eigenvalue weighted by atomic mass is 16.5. The second-order valence-electron chi connectivity index (χ2n) is 8.51. The molecule has 0 heterocycles. The molecule has 0 radical (unpaired) electrons. The maximum Gasteiger partial charge on any atom is 0.411 e. The second-order valence-corrected chi connectivity index (χ2v) is 8.51. The Morgan fingerprint density at radius 2 is 1.60 bits per heavy atom. The van der Waals surface area contributed by atoms with Crippen LogP contribution >= 0.6 is 0 Å². The van der Waals surface area contributed by atoms with Gasteiger partial charge < -0.3 is 14.7 Å². The zero-order valence-corrected chi connectivity index (χ0v) is 19.8. The number of hydrogen-bond donors (Lipinski definition) is 2. The number of hydrogen-bond acceptors (Lipinski definition) is 4. The highest BCUT2D eigenvalue weighted by molar-refractivity contribution is 5.97. The smallest absolute Gasteiger partial charge is 0.411 e. The Hall–Kier alpha value is -4.13. The van der Waals surface area contributed by atoms with Gasteiger partial charge in [-0.1, -0.05) is 54.6 Å². The molecule has 7 heteroatoms. The Morgan fingerprint density at radius 1 is 0.971 bits per heavy atom. The Balaban J connectivity index is 1.44. The van der Waals surface area contributed by atoms with E-state index in [0.29, 0.717) is 17.8 Å². The summed E-state index contributed by atoms with van der Waals surface area (Å²) in [5, 5.41) is 11.7. The van der Waals surface area contributed by atoms with Crippen LogP contribution in [-0.4, -0.2) is 47.7 Å². The molecule has 35 heavy (non-hydrogen) atoms. The van der Waals surface area contributed by atoms with Crippen LogP contribution in [0.4, 0.5) is 10.5 Å². The van der Waals surface area contributed by atoms with E-state index in [0.717, 1.165) is 27.8 Å². The first kappa shape index (κ1) is 24.0. The standard InChI is InChI=1S/C28H28N2O5/c1-3-30(15-14-26(31)32)27(33)19-13-12-18(2)25(16-19)29-28(34)35-17-24-22-10-6-4-8-20(22)21-9-5-7-11-23(21)24/h4-13,16,24H,3,14-15,17H2,1-2H3,(H,29,34)(H,31,32). The lowest BCUT2D eigenvalue weighted by atomic mass is 9.98. The number of aryl methyl sites for hydroxylation is 1. The van der Waals surface area contributed by atoms with Gasteiger partial charge in [-0.05, 0) is 53.8 Å². The predicted molar refractivity (Wildman–Crippen MR) is 134 cm³/mol. The van der Waals surface area contributed by atoms with Crippen LogP contribution < -0.4 is 5.32 Å². The topological polar surface area (TPSA) is 95.9 Å². The number of ether oxygens (including phenoxy) is 1. The van der Waals surface area contributed by atoms with E-state index < -0.39 is 12.1 Å². The molecule has 0 unspecified atom stereocenters. The van der Waals surface area contributed by atoms with Gasteiger partial charge in [-0.25, -0.2) is 4.79 Å². The Labute approximate surface area is 204 Å². The minimum Gasteiger partial charge on any atom is -0.481 e. The number of nitrogens with one attached hydrogen (secondary N) is 1. The zero-order valence-electron chi connectivity index (χ0n) is 19.8. The fourth-order valence-corrected chi connectivity index (χ4v) is 4.45. The molecule has 2 amide bonds. The number of carboxylic acids is 1. The van der Waals surface area contributed by atoms with Crippen LogP contribution in [-0.2, 0) is 9.53 Å². The summed E-state index contributed by atoms with van der Waals surface area (Å²) in [6, 6.07) is 21.3. The zero-order chi connectivity index (χ0) is 24.9. The van der Waals surface area contributed by atoms with Crippen LogP contribution in [0.25, 0.3) is 11.1 Å². The molecule has 0 aliphatic heterocycles. The first-order chi connectivity index (χ1) is 16.9. The van der Waals surface area contributed by atoms with E-state index in [9.17, 15) is 14.4 Å². The van der Waals surface area contributed by atoms with Gasteiger partial charge in [-0.15, -0.1) is 0 Å². The molecule has 7 nitrogen and oxygen atoms in total. The molecular weight excluding hydrogens is 444 g/mol. The van der Waals surface area contributed by atoms with Crippen LogP contribution in [0.5, 0.6) is 0 Å². The SMILES string of the molecule is CCN(CCC(=O)O)C(=O)c1ccc(C)c(NC(=O)OCC2c3ccccc3-c3ccccc32)c1. The second kappa shape index (κ2) is 10.4. The summed E-state index contributed by atoms with van der Waals surface area (Å²) >= 11 is 0. The number of carbonyl (C=O) groups excluding carboxylic acids is 2. The normalized spacial score (nSPS) is 11.9. The van der Waals surface area contributed by atoms with E-state index in [1.54, 1.807) is 25.1 Å².